The number of anilines is 1. The summed E-state index contributed by atoms with van der Waals surface area (Å²) >= 11 is 1.73. The zero-order valence-electron chi connectivity index (χ0n) is 16.7. The summed E-state index contributed by atoms with van der Waals surface area (Å²) in [6, 6.07) is 13.8. The van der Waals surface area contributed by atoms with E-state index in [0.29, 0.717) is 23.7 Å². The third kappa shape index (κ3) is 4.36. The maximum atomic E-state index is 12.7. The van der Waals surface area contributed by atoms with Gasteiger partial charge in [-0.15, -0.1) is 11.3 Å². The average Bonchev–Trinajstić information content (AvgIpc) is 3.18. The van der Waals surface area contributed by atoms with Gasteiger partial charge in [0.05, 0.1) is 37.0 Å². The van der Waals surface area contributed by atoms with E-state index in [0.717, 1.165) is 36.3 Å². The number of likely N-dealkylation sites (tertiary alicyclic amines) is 1. The van der Waals surface area contributed by atoms with Gasteiger partial charge in [0.1, 0.15) is 5.01 Å². The van der Waals surface area contributed by atoms with Crippen molar-refractivity contribution < 1.29 is 14.3 Å². The van der Waals surface area contributed by atoms with Crippen LogP contribution in [0, 0.1) is 0 Å². The third-order valence-electron chi connectivity index (χ3n) is 5.22. The van der Waals surface area contributed by atoms with Crippen LogP contribution in [0.15, 0.2) is 42.5 Å². The highest BCUT2D eigenvalue weighted by Crippen LogP contribution is 2.35. The van der Waals surface area contributed by atoms with Gasteiger partial charge in [-0.2, -0.15) is 0 Å². The second kappa shape index (κ2) is 8.80. The SMILES string of the molecule is COc1ccc(NC(=O)CN2CCCC[C@@H]2c2nc3ccccc3s2)cc1OC. The number of para-hydroxylation sites is 1. The summed E-state index contributed by atoms with van der Waals surface area (Å²) in [4.78, 5) is 19.8. The molecule has 2 heterocycles. The number of nitrogens with zero attached hydrogens (tertiary/aromatic N) is 2. The smallest absolute Gasteiger partial charge is 0.238 e. The number of nitrogens with one attached hydrogen (secondary N) is 1. The van der Waals surface area contributed by atoms with Gasteiger partial charge in [-0.25, -0.2) is 4.98 Å². The number of methoxy groups -OCH3 is 2. The Labute approximate surface area is 174 Å². The van der Waals surface area contributed by atoms with Crippen LogP contribution in [0.1, 0.15) is 30.3 Å². The molecule has 3 aromatic rings. The number of hydrogen-bond donors (Lipinski definition) is 1. The molecule has 1 aromatic heterocycles. The molecule has 0 aliphatic carbocycles. The minimum atomic E-state index is -0.0368. The maximum Gasteiger partial charge on any atom is 0.238 e. The minimum absolute atomic E-state index is 0.0368. The first-order valence-electron chi connectivity index (χ1n) is 9.79. The quantitative estimate of drug-likeness (QED) is 0.648. The molecule has 6 nitrogen and oxygen atoms in total. The van der Waals surface area contributed by atoms with Crippen LogP contribution >= 0.6 is 11.3 Å². The molecule has 1 N–H and O–H groups in total. The highest BCUT2D eigenvalue weighted by atomic mass is 32.1. The van der Waals surface area contributed by atoms with Crippen LogP contribution in [-0.4, -0.2) is 43.1 Å². The zero-order chi connectivity index (χ0) is 20.2. The Balaban J connectivity index is 1.47. The molecule has 0 bridgehead atoms. The van der Waals surface area contributed by atoms with Crippen molar-refractivity contribution in [3.8, 4) is 11.5 Å². The van der Waals surface area contributed by atoms with E-state index < -0.39 is 0 Å². The van der Waals surface area contributed by atoms with Crippen molar-refractivity contribution >= 4 is 33.1 Å². The lowest BCUT2D eigenvalue weighted by Crippen LogP contribution is -2.39. The first-order chi connectivity index (χ1) is 14.2. The van der Waals surface area contributed by atoms with Crippen molar-refractivity contribution in [2.75, 3.05) is 32.6 Å². The monoisotopic (exact) mass is 411 g/mol. The standard InChI is InChI=1S/C22H25N3O3S/c1-27-18-11-10-15(13-19(18)28-2)23-21(26)14-25-12-6-5-8-17(25)22-24-16-7-3-4-9-20(16)29-22/h3-4,7,9-11,13,17H,5-6,8,12,14H2,1-2H3,(H,23,26)/t17-/m1/s1. The maximum absolute atomic E-state index is 12.7. The van der Waals surface area contributed by atoms with Gasteiger partial charge >= 0.3 is 0 Å². The highest BCUT2D eigenvalue weighted by Gasteiger charge is 2.28. The summed E-state index contributed by atoms with van der Waals surface area (Å²) in [5.41, 5.74) is 1.73. The number of carbonyl (C=O) groups is 1. The Morgan fingerprint density at radius 2 is 2.00 bits per heavy atom. The van der Waals surface area contributed by atoms with Gasteiger partial charge in [-0.05, 0) is 43.7 Å². The summed E-state index contributed by atoms with van der Waals surface area (Å²) in [7, 11) is 3.18. The Bertz CT molecular complexity index is 971. The Hall–Kier alpha value is -2.64. The number of fused-ring (bicyclic) bond motifs is 1. The van der Waals surface area contributed by atoms with Gasteiger partial charge in [0.15, 0.2) is 11.5 Å². The molecule has 1 atom stereocenters. The van der Waals surface area contributed by atoms with Crippen LogP contribution < -0.4 is 14.8 Å². The first kappa shape index (κ1) is 19.7. The average molecular weight is 412 g/mol. The molecule has 0 radical (unpaired) electrons. The second-order valence-electron chi connectivity index (χ2n) is 7.12. The number of hydrogen-bond acceptors (Lipinski definition) is 6. The van der Waals surface area contributed by atoms with E-state index >= 15 is 0 Å². The van der Waals surface area contributed by atoms with Crippen LogP contribution in [0.5, 0.6) is 11.5 Å². The van der Waals surface area contributed by atoms with Crippen molar-refractivity contribution in [1.29, 1.82) is 0 Å². The van der Waals surface area contributed by atoms with Gasteiger partial charge < -0.3 is 14.8 Å². The highest BCUT2D eigenvalue weighted by molar-refractivity contribution is 7.18. The van der Waals surface area contributed by atoms with Gasteiger partial charge in [0, 0.05) is 11.8 Å². The lowest BCUT2D eigenvalue weighted by atomic mass is 10.0. The van der Waals surface area contributed by atoms with Crippen LogP contribution in [0.4, 0.5) is 5.69 Å². The molecule has 7 heteroatoms. The zero-order valence-corrected chi connectivity index (χ0v) is 17.5. The van der Waals surface area contributed by atoms with Crippen molar-refractivity contribution in [2.24, 2.45) is 0 Å². The van der Waals surface area contributed by atoms with Crippen LogP contribution in [-0.2, 0) is 4.79 Å². The fraction of sp³-hybridized carbons (Fsp3) is 0.364. The summed E-state index contributed by atoms with van der Waals surface area (Å²) < 4.78 is 11.8. The van der Waals surface area contributed by atoms with Crippen LogP contribution in [0.2, 0.25) is 0 Å². The first-order valence-corrected chi connectivity index (χ1v) is 10.6. The summed E-state index contributed by atoms with van der Waals surface area (Å²) in [6.07, 6.45) is 3.29. The van der Waals surface area contributed by atoms with E-state index in [-0.39, 0.29) is 11.9 Å². The van der Waals surface area contributed by atoms with E-state index in [1.54, 1.807) is 37.7 Å². The molecule has 4 rings (SSSR count). The Kier molecular flexibility index (Phi) is 5.97. The summed E-state index contributed by atoms with van der Waals surface area (Å²) in [5.74, 6) is 1.19. The number of carbonyl (C=O) groups excluding carboxylic acids is 1. The number of amides is 1. The topological polar surface area (TPSA) is 63.7 Å². The number of ether oxygens (including phenoxy) is 2. The molecule has 0 spiro atoms. The molecule has 1 saturated heterocycles. The third-order valence-corrected chi connectivity index (χ3v) is 6.36. The Morgan fingerprint density at radius 1 is 1.17 bits per heavy atom. The van der Waals surface area contributed by atoms with E-state index in [4.69, 9.17) is 14.5 Å². The molecule has 29 heavy (non-hydrogen) atoms. The molecular formula is C22H25N3O3S. The number of benzene rings is 2. The van der Waals surface area contributed by atoms with Gasteiger partial charge in [-0.3, -0.25) is 9.69 Å². The van der Waals surface area contributed by atoms with Crippen molar-refractivity contribution in [1.82, 2.24) is 9.88 Å². The van der Waals surface area contributed by atoms with Crippen molar-refractivity contribution in [2.45, 2.75) is 25.3 Å². The lowest BCUT2D eigenvalue weighted by Gasteiger charge is -2.33. The van der Waals surface area contributed by atoms with Crippen molar-refractivity contribution in [3.05, 3.63) is 47.5 Å². The van der Waals surface area contributed by atoms with E-state index in [1.165, 1.54) is 4.70 Å². The normalized spacial score (nSPS) is 17.2. The molecule has 1 aliphatic rings. The Morgan fingerprint density at radius 3 is 2.79 bits per heavy atom. The van der Waals surface area contributed by atoms with Crippen LogP contribution in [0.3, 0.4) is 0 Å². The molecule has 0 unspecified atom stereocenters. The summed E-state index contributed by atoms with van der Waals surface area (Å²) in [5, 5.41) is 4.08. The molecule has 1 amide bonds. The molecule has 2 aromatic carbocycles. The number of thiazole rings is 1. The molecule has 152 valence electrons. The molecule has 0 saturated carbocycles. The number of piperidine rings is 1. The predicted octanol–water partition coefficient (Wildman–Crippen LogP) is 4.48. The van der Waals surface area contributed by atoms with Gasteiger partial charge in [0.2, 0.25) is 5.91 Å². The largest absolute Gasteiger partial charge is 0.493 e. The fourth-order valence-electron chi connectivity index (χ4n) is 3.79. The molecule has 1 fully saturated rings. The van der Waals surface area contributed by atoms with E-state index in [1.807, 2.05) is 24.3 Å². The number of aromatic nitrogens is 1. The van der Waals surface area contributed by atoms with Gasteiger partial charge in [0.25, 0.3) is 0 Å². The fourth-order valence-corrected chi connectivity index (χ4v) is 4.93. The van der Waals surface area contributed by atoms with Crippen molar-refractivity contribution in [3.63, 3.8) is 0 Å². The summed E-state index contributed by atoms with van der Waals surface area (Å²) in [6.45, 7) is 1.24. The molecule has 1 aliphatic heterocycles. The number of rotatable bonds is 6. The van der Waals surface area contributed by atoms with E-state index in [9.17, 15) is 4.79 Å². The van der Waals surface area contributed by atoms with E-state index in [2.05, 4.69) is 16.3 Å². The lowest BCUT2D eigenvalue weighted by molar-refractivity contribution is -0.118. The second-order valence-corrected chi connectivity index (χ2v) is 8.18. The predicted molar refractivity (Wildman–Crippen MR) is 116 cm³/mol. The minimum Gasteiger partial charge on any atom is -0.493 e. The van der Waals surface area contributed by atoms with Crippen LogP contribution in [0.25, 0.3) is 10.2 Å². The van der Waals surface area contributed by atoms with Gasteiger partial charge in [-0.1, -0.05) is 18.6 Å². The molecular weight excluding hydrogens is 386 g/mol.